The number of rotatable bonds is 3. The normalized spacial score (nSPS) is 15.4. The molecule has 0 amide bonds. The van der Waals surface area contributed by atoms with Crippen molar-refractivity contribution in [2.24, 2.45) is 0 Å². The Morgan fingerprint density at radius 2 is 1.58 bits per heavy atom. The van der Waals surface area contributed by atoms with Crippen LogP contribution >= 0.6 is 0 Å². The second kappa shape index (κ2) is 5.06. The largest absolute Gasteiger partial charge is 0.388 e. The summed E-state index contributed by atoms with van der Waals surface area (Å²) in [5, 5.41) is 10.2. The Labute approximate surface area is 114 Å². The predicted molar refractivity (Wildman–Crippen MR) is 78.0 cm³/mol. The molecule has 0 radical (unpaired) electrons. The van der Waals surface area contributed by atoms with E-state index in [0.717, 1.165) is 30.8 Å². The monoisotopic (exact) mass is 253 g/mol. The number of hydrogen-bond acceptors (Lipinski definition) is 2. The molecule has 19 heavy (non-hydrogen) atoms. The van der Waals surface area contributed by atoms with Crippen molar-refractivity contribution in [1.29, 1.82) is 0 Å². The maximum atomic E-state index is 10.2. The number of aliphatic hydroxyl groups is 1. The number of nitrogens with zero attached hydrogens (tertiary/aromatic N) is 1. The van der Waals surface area contributed by atoms with Crippen LogP contribution in [0.3, 0.4) is 0 Å². The average molecular weight is 253 g/mol. The van der Waals surface area contributed by atoms with Crippen molar-refractivity contribution in [2.45, 2.75) is 32.5 Å². The van der Waals surface area contributed by atoms with Crippen molar-refractivity contribution in [3.63, 3.8) is 0 Å². The minimum atomic E-state index is -0.375. The Balaban J connectivity index is 1.93. The first-order chi connectivity index (χ1) is 9.29. The van der Waals surface area contributed by atoms with Crippen LogP contribution in [-0.4, -0.2) is 5.11 Å². The van der Waals surface area contributed by atoms with E-state index in [1.807, 2.05) is 25.1 Å². The molecule has 2 nitrogen and oxygen atoms in total. The summed E-state index contributed by atoms with van der Waals surface area (Å²) in [6.45, 7) is 3.88. The van der Waals surface area contributed by atoms with Crippen molar-refractivity contribution in [3.05, 3.63) is 65.2 Å². The summed E-state index contributed by atoms with van der Waals surface area (Å²) in [6, 6.07) is 16.8. The highest BCUT2D eigenvalue weighted by Gasteiger charge is 2.22. The minimum Gasteiger partial charge on any atom is -0.388 e. The highest BCUT2D eigenvalue weighted by atomic mass is 16.3. The van der Waals surface area contributed by atoms with Gasteiger partial charge in [0.05, 0.1) is 6.10 Å². The number of aliphatic hydroxyl groups excluding tert-OH is 1. The first-order valence-corrected chi connectivity index (χ1v) is 6.88. The molecule has 0 saturated carbocycles. The molecule has 0 bridgehead atoms. The molecule has 2 heteroatoms. The van der Waals surface area contributed by atoms with Gasteiger partial charge in [0.15, 0.2) is 0 Å². The van der Waals surface area contributed by atoms with Crippen molar-refractivity contribution in [1.82, 2.24) is 0 Å². The van der Waals surface area contributed by atoms with Crippen LogP contribution in [0, 0.1) is 0 Å². The topological polar surface area (TPSA) is 23.5 Å². The lowest BCUT2D eigenvalue weighted by atomic mass is 10.0. The Morgan fingerprint density at radius 1 is 1.00 bits per heavy atom. The van der Waals surface area contributed by atoms with E-state index in [1.165, 1.54) is 11.1 Å². The molecule has 1 N–H and O–H groups in total. The molecule has 0 saturated heterocycles. The van der Waals surface area contributed by atoms with Gasteiger partial charge in [-0.15, -0.1) is 0 Å². The number of hydrogen-bond donors (Lipinski definition) is 1. The van der Waals surface area contributed by atoms with E-state index in [0.29, 0.717) is 0 Å². The second-order valence-electron chi connectivity index (χ2n) is 5.11. The predicted octanol–water partition coefficient (Wildman–Crippen LogP) is 3.65. The van der Waals surface area contributed by atoms with Gasteiger partial charge in [0, 0.05) is 24.3 Å². The van der Waals surface area contributed by atoms with Gasteiger partial charge < -0.3 is 10.0 Å². The number of anilines is 1. The molecule has 98 valence electrons. The summed E-state index contributed by atoms with van der Waals surface area (Å²) in [5.41, 5.74) is 4.98. The molecule has 0 aromatic heterocycles. The lowest BCUT2D eigenvalue weighted by Crippen LogP contribution is -2.17. The van der Waals surface area contributed by atoms with Crippen LogP contribution in [0.5, 0.6) is 0 Å². The molecule has 1 atom stereocenters. The SMILES string of the molecule is CC[C@@H](O)c1ccccc1N1Cc2ccccc2C1. The molecule has 0 spiro atoms. The Kier molecular flexibility index (Phi) is 3.26. The van der Waals surface area contributed by atoms with E-state index < -0.39 is 0 Å². The summed E-state index contributed by atoms with van der Waals surface area (Å²) >= 11 is 0. The van der Waals surface area contributed by atoms with Crippen LogP contribution in [-0.2, 0) is 13.1 Å². The summed E-state index contributed by atoms with van der Waals surface area (Å²) in [6.07, 6.45) is 0.373. The highest BCUT2D eigenvalue weighted by molar-refractivity contribution is 5.57. The third kappa shape index (κ3) is 2.24. The van der Waals surface area contributed by atoms with Gasteiger partial charge in [-0.2, -0.15) is 0 Å². The smallest absolute Gasteiger partial charge is 0.0807 e. The Hall–Kier alpha value is -1.80. The van der Waals surface area contributed by atoms with Gasteiger partial charge in [0.2, 0.25) is 0 Å². The minimum absolute atomic E-state index is 0.375. The van der Waals surface area contributed by atoms with Crippen LogP contribution in [0.25, 0.3) is 0 Å². The van der Waals surface area contributed by atoms with Crippen molar-refractivity contribution in [2.75, 3.05) is 4.90 Å². The van der Waals surface area contributed by atoms with Gasteiger partial charge >= 0.3 is 0 Å². The van der Waals surface area contributed by atoms with E-state index in [2.05, 4.69) is 35.2 Å². The fourth-order valence-electron chi connectivity index (χ4n) is 2.78. The molecule has 2 aromatic rings. The number of benzene rings is 2. The molecular formula is C17H19NO. The Bertz CT molecular complexity index is 554. The summed E-state index contributed by atoms with van der Waals surface area (Å²) in [4.78, 5) is 2.35. The van der Waals surface area contributed by atoms with Gasteiger partial charge in [-0.05, 0) is 23.6 Å². The van der Waals surface area contributed by atoms with Gasteiger partial charge in [-0.1, -0.05) is 49.4 Å². The zero-order valence-electron chi connectivity index (χ0n) is 11.2. The van der Waals surface area contributed by atoms with Gasteiger partial charge in [-0.25, -0.2) is 0 Å². The molecule has 2 aromatic carbocycles. The first-order valence-electron chi connectivity index (χ1n) is 6.88. The average Bonchev–Trinajstić information content (AvgIpc) is 2.90. The summed E-state index contributed by atoms with van der Waals surface area (Å²) in [5.74, 6) is 0. The second-order valence-corrected chi connectivity index (χ2v) is 5.11. The van der Waals surface area contributed by atoms with Crippen molar-refractivity contribution in [3.8, 4) is 0 Å². The lowest BCUT2D eigenvalue weighted by Gasteiger charge is -2.23. The quantitative estimate of drug-likeness (QED) is 0.902. The summed E-state index contributed by atoms with van der Waals surface area (Å²) < 4.78 is 0. The van der Waals surface area contributed by atoms with E-state index >= 15 is 0 Å². The third-order valence-corrected chi connectivity index (χ3v) is 3.86. The third-order valence-electron chi connectivity index (χ3n) is 3.86. The van der Waals surface area contributed by atoms with E-state index in [1.54, 1.807) is 0 Å². The summed E-state index contributed by atoms with van der Waals surface area (Å²) in [7, 11) is 0. The zero-order chi connectivity index (χ0) is 13.2. The number of para-hydroxylation sites is 1. The molecule has 1 aliphatic rings. The van der Waals surface area contributed by atoms with Crippen LogP contribution in [0.15, 0.2) is 48.5 Å². The maximum Gasteiger partial charge on any atom is 0.0807 e. The molecule has 1 heterocycles. The van der Waals surface area contributed by atoms with Gasteiger partial charge in [0.1, 0.15) is 0 Å². The number of fused-ring (bicyclic) bond motifs is 1. The van der Waals surface area contributed by atoms with Crippen LogP contribution in [0.2, 0.25) is 0 Å². The fourth-order valence-corrected chi connectivity index (χ4v) is 2.78. The van der Waals surface area contributed by atoms with Crippen LogP contribution in [0.4, 0.5) is 5.69 Å². The first kappa shape index (κ1) is 12.2. The molecular weight excluding hydrogens is 234 g/mol. The molecule has 1 aliphatic heterocycles. The highest BCUT2D eigenvalue weighted by Crippen LogP contribution is 2.33. The standard InChI is InChI=1S/C17H19NO/c1-2-17(19)15-9-5-6-10-16(15)18-11-13-7-3-4-8-14(13)12-18/h3-10,17,19H,2,11-12H2,1H3/t17-/m1/s1. The van der Waals surface area contributed by atoms with Crippen molar-refractivity contribution >= 4 is 5.69 Å². The van der Waals surface area contributed by atoms with E-state index in [-0.39, 0.29) is 6.10 Å². The van der Waals surface area contributed by atoms with E-state index in [4.69, 9.17) is 0 Å². The van der Waals surface area contributed by atoms with Gasteiger partial charge in [-0.3, -0.25) is 0 Å². The molecule has 0 fully saturated rings. The van der Waals surface area contributed by atoms with Gasteiger partial charge in [0.25, 0.3) is 0 Å². The van der Waals surface area contributed by atoms with E-state index in [9.17, 15) is 5.11 Å². The zero-order valence-corrected chi connectivity index (χ0v) is 11.2. The lowest BCUT2D eigenvalue weighted by molar-refractivity contribution is 0.174. The maximum absolute atomic E-state index is 10.2. The van der Waals surface area contributed by atoms with Crippen LogP contribution < -0.4 is 4.90 Å². The Morgan fingerprint density at radius 3 is 2.21 bits per heavy atom. The molecule has 0 aliphatic carbocycles. The van der Waals surface area contributed by atoms with Crippen LogP contribution in [0.1, 0.15) is 36.1 Å². The molecule has 0 unspecified atom stereocenters. The molecule has 3 rings (SSSR count). The fraction of sp³-hybridized carbons (Fsp3) is 0.294. The van der Waals surface area contributed by atoms with Crippen molar-refractivity contribution < 1.29 is 5.11 Å².